The van der Waals surface area contributed by atoms with Gasteiger partial charge in [0.2, 0.25) is 10.0 Å². The summed E-state index contributed by atoms with van der Waals surface area (Å²) in [5, 5.41) is 1.23. The van der Waals surface area contributed by atoms with Crippen LogP contribution < -0.4 is 0 Å². The maximum Gasteiger partial charge on any atom is 0.214 e. The molecule has 1 N–H and O–H groups in total. The molecular weight excluding hydrogens is 284 g/mol. The third-order valence-electron chi connectivity index (χ3n) is 4.30. The molecule has 5 heteroatoms. The van der Waals surface area contributed by atoms with E-state index in [4.69, 9.17) is 0 Å². The summed E-state index contributed by atoms with van der Waals surface area (Å²) in [4.78, 5) is 3.48. The molecule has 0 bridgehead atoms. The zero-order valence-corrected chi connectivity index (χ0v) is 13.2. The number of hydrogen-bond donors (Lipinski definition) is 1. The van der Waals surface area contributed by atoms with Crippen LogP contribution in [0, 0.1) is 0 Å². The van der Waals surface area contributed by atoms with Crippen LogP contribution in [-0.4, -0.2) is 36.5 Å². The van der Waals surface area contributed by atoms with Gasteiger partial charge >= 0.3 is 0 Å². The van der Waals surface area contributed by atoms with Crippen molar-refractivity contribution >= 4 is 20.9 Å². The minimum Gasteiger partial charge on any atom is -0.358 e. The molecule has 21 heavy (non-hydrogen) atoms. The molecule has 1 aliphatic heterocycles. The number of aromatic nitrogens is 1. The summed E-state index contributed by atoms with van der Waals surface area (Å²) >= 11 is 0. The summed E-state index contributed by atoms with van der Waals surface area (Å²) in [5.74, 6) is 0.704. The summed E-state index contributed by atoms with van der Waals surface area (Å²) in [6.07, 6.45) is 2.48. The van der Waals surface area contributed by atoms with E-state index in [2.05, 4.69) is 23.2 Å². The van der Waals surface area contributed by atoms with Gasteiger partial charge in [0.1, 0.15) is 0 Å². The molecule has 1 aliphatic rings. The van der Waals surface area contributed by atoms with Crippen LogP contribution in [0.3, 0.4) is 0 Å². The van der Waals surface area contributed by atoms with Gasteiger partial charge in [0.15, 0.2) is 0 Å². The van der Waals surface area contributed by atoms with Gasteiger partial charge in [-0.15, -0.1) is 0 Å². The number of fused-ring (bicyclic) bond motifs is 1. The molecule has 0 saturated carbocycles. The number of nitrogens with one attached hydrogen (secondary N) is 1. The Balaban J connectivity index is 1.71. The van der Waals surface area contributed by atoms with Crippen molar-refractivity contribution in [2.24, 2.45) is 0 Å². The van der Waals surface area contributed by atoms with Crippen LogP contribution in [0.2, 0.25) is 0 Å². The van der Waals surface area contributed by atoms with Gasteiger partial charge in [-0.25, -0.2) is 12.7 Å². The van der Waals surface area contributed by atoms with Crippen LogP contribution in [0.4, 0.5) is 0 Å². The molecule has 0 spiro atoms. The number of rotatable bonds is 4. The van der Waals surface area contributed by atoms with Crippen molar-refractivity contribution in [3.8, 4) is 0 Å². The highest BCUT2D eigenvalue weighted by Gasteiger charge is 2.28. The minimum absolute atomic E-state index is 0.268. The van der Waals surface area contributed by atoms with Crippen LogP contribution in [0.5, 0.6) is 0 Å². The molecule has 114 valence electrons. The molecule has 0 atom stereocenters. The van der Waals surface area contributed by atoms with E-state index in [0.29, 0.717) is 25.4 Å². The predicted octanol–water partition coefficient (Wildman–Crippen LogP) is 3.09. The van der Waals surface area contributed by atoms with Crippen molar-refractivity contribution in [1.82, 2.24) is 9.29 Å². The second-order valence-corrected chi connectivity index (χ2v) is 7.89. The molecule has 0 unspecified atom stereocenters. The lowest BCUT2D eigenvalue weighted by Gasteiger charge is -2.30. The van der Waals surface area contributed by atoms with E-state index < -0.39 is 10.0 Å². The van der Waals surface area contributed by atoms with Crippen LogP contribution in [0.15, 0.2) is 30.3 Å². The summed E-state index contributed by atoms with van der Waals surface area (Å²) in [6.45, 7) is 3.19. The normalized spacial score (nSPS) is 18.3. The van der Waals surface area contributed by atoms with Gasteiger partial charge in [-0.1, -0.05) is 25.1 Å². The maximum atomic E-state index is 12.1. The highest BCUT2D eigenvalue weighted by atomic mass is 32.2. The number of piperidine rings is 1. The van der Waals surface area contributed by atoms with Crippen LogP contribution in [0.25, 0.3) is 10.9 Å². The first kappa shape index (κ1) is 14.6. The second kappa shape index (κ2) is 5.81. The van der Waals surface area contributed by atoms with Gasteiger partial charge in [-0.3, -0.25) is 0 Å². The number of sulfonamides is 1. The minimum atomic E-state index is -3.04. The molecule has 3 rings (SSSR count). The van der Waals surface area contributed by atoms with E-state index in [1.807, 2.05) is 19.1 Å². The van der Waals surface area contributed by atoms with Gasteiger partial charge in [0.25, 0.3) is 0 Å². The van der Waals surface area contributed by atoms with E-state index in [1.165, 1.54) is 11.1 Å². The fourth-order valence-electron chi connectivity index (χ4n) is 3.15. The van der Waals surface area contributed by atoms with E-state index in [1.54, 1.807) is 4.31 Å². The first-order chi connectivity index (χ1) is 10.1. The zero-order chi connectivity index (χ0) is 14.9. The average Bonchev–Trinajstić information content (AvgIpc) is 2.91. The maximum absolute atomic E-state index is 12.1. The Morgan fingerprint density at radius 2 is 1.95 bits per heavy atom. The zero-order valence-electron chi connectivity index (χ0n) is 12.4. The smallest absolute Gasteiger partial charge is 0.214 e. The molecule has 0 amide bonds. The topological polar surface area (TPSA) is 53.2 Å². The Hall–Kier alpha value is -1.33. The molecule has 1 aromatic carbocycles. The Kier molecular flexibility index (Phi) is 4.04. The van der Waals surface area contributed by atoms with Gasteiger partial charge in [-0.2, -0.15) is 0 Å². The van der Waals surface area contributed by atoms with Crippen molar-refractivity contribution < 1.29 is 8.42 Å². The van der Waals surface area contributed by atoms with E-state index in [0.717, 1.165) is 18.4 Å². The average molecular weight is 306 g/mol. The lowest BCUT2D eigenvalue weighted by Crippen LogP contribution is -2.39. The number of aromatic amines is 1. The Morgan fingerprint density at radius 1 is 1.24 bits per heavy atom. The van der Waals surface area contributed by atoms with Crippen LogP contribution in [-0.2, 0) is 10.0 Å². The highest BCUT2D eigenvalue weighted by Crippen LogP contribution is 2.30. The van der Waals surface area contributed by atoms with E-state index in [9.17, 15) is 8.42 Å². The molecule has 1 saturated heterocycles. The molecule has 2 heterocycles. The van der Waals surface area contributed by atoms with Crippen molar-refractivity contribution in [2.45, 2.75) is 32.1 Å². The van der Waals surface area contributed by atoms with Crippen molar-refractivity contribution in [2.75, 3.05) is 18.8 Å². The van der Waals surface area contributed by atoms with E-state index >= 15 is 0 Å². The molecule has 0 aliphatic carbocycles. The van der Waals surface area contributed by atoms with Crippen LogP contribution >= 0.6 is 0 Å². The molecule has 1 fully saturated rings. The molecule has 1 aromatic heterocycles. The highest BCUT2D eigenvalue weighted by molar-refractivity contribution is 7.89. The number of H-pyrrole nitrogens is 1. The number of nitrogens with zero attached hydrogens (tertiary/aromatic N) is 1. The lowest BCUT2D eigenvalue weighted by molar-refractivity contribution is 0.317. The molecular formula is C16H22N2O2S. The number of para-hydroxylation sites is 1. The van der Waals surface area contributed by atoms with Crippen molar-refractivity contribution in [3.63, 3.8) is 0 Å². The third kappa shape index (κ3) is 2.99. The SMILES string of the molecule is CCCS(=O)(=O)N1CCC(c2cc3ccccc3[nH]2)CC1. The Labute approximate surface area is 126 Å². The van der Waals surface area contributed by atoms with Crippen molar-refractivity contribution in [1.29, 1.82) is 0 Å². The fraction of sp³-hybridized carbons (Fsp3) is 0.500. The summed E-state index contributed by atoms with van der Waals surface area (Å²) < 4.78 is 25.8. The summed E-state index contributed by atoms with van der Waals surface area (Å²) in [6, 6.07) is 10.5. The second-order valence-electron chi connectivity index (χ2n) is 5.80. The monoisotopic (exact) mass is 306 g/mol. The predicted molar refractivity (Wildman–Crippen MR) is 85.9 cm³/mol. The first-order valence-electron chi connectivity index (χ1n) is 7.65. The Bertz CT molecular complexity index is 680. The standard InChI is InChI=1S/C16H22N2O2S/c1-2-11-21(19,20)18-9-7-13(8-10-18)16-12-14-5-3-4-6-15(14)17-16/h3-6,12-13,17H,2,7-11H2,1H3. The molecule has 0 radical (unpaired) electrons. The van der Waals surface area contributed by atoms with Gasteiger partial charge < -0.3 is 4.98 Å². The molecule has 2 aromatic rings. The first-order valence-corrected chi connectivity index (χ1v) is 9.26. The number of hydrogen-bond acceptors (Lipinski definition) is 2. The van der Waals surface area contributed by atoms with Crippen LogP contribution in [0.1, 0.15) is 37.8 Å². The molecule has 4 nitrogen and oxygen atoms in total. The van der Waals surface area contributed by atoms with Crippen molar-refractivity contribution in [3.05, 3.63) is 36.0 Å². The Morgan fingerprint density at radius 3 is 2.62 bits per heavy atom. The largest absolute Gasteiger partial charge is 0.358 e. The lowest BCUT2D eigenvalue weighted by atomic mass is 9.95. The number of benzene rings is 1. The summed E-state index contributed by atoms with van der Waals surface area (Å²) in [7, 11) is -3.04. The van der Waals surface area contributed by atoms with Gasteiger partial charge in [0.05, 0.1) is 5.75 Å². The third-order valence-corrected chi connectivity index (χ3v) is 6.38. The quantitative estimate of drug-likeness (QED) is 0.943. The van der Waals surface area contributed by atoms with E-state index in [-0.39, 0.29) is 5.75 Å². The van der Waals surface area contributed by atoms with Gasteiger partial charge in [0, 0.05) is 30.2 Å². The fourth-order valence-corrected chi connectivity index (χ4v) is 4.69. The summed E-state index contributed by atoms with van der Waals surface area (Å²) in [5.41, 5.74) is 2.40. The van der Waals surface area contributed by atoms with Gasteiger partial charge in [-0.05, 0) is 36.8 Å².